The van der Waals surface area contributed by atoms with E-state index in [-0.39, 0.29) is 29.5 Å². The second-order valence-electron chi connectivity index (χ2n) is 4.93. The first-order chi connectivity index (χ1) is 9.65. The number of alkyl halides is 3. The maximum absolute atomic E-state index is 12.0. The molecular formula is C13H13F3O4S. The summed E-state index contributed by atoms with van der Waals surface area (Å²) in [6, 6.07) is 4.98. The minimum absolute atomic E-state index is 0.00643. The van der Waals surface area contributed by atoms with E-state index in [2.05, 4.69) is 4.74 Å². The third kappa shape index (κ3) is 4.73. The molecule has 0 radical (unpaired) electrons. The molecule has 116 valence electrons. The van der Waals surface area contributed by atoms with Gasteiger partial charge in [-0.3, -0.25) is 4.79 Å². The molecule has 0 aromatic heterocycles. The number of hydrogen-bond acceptors (Lipinski definition) is 4. The average Bonchev–Trinajstić information content (AvgIpc) is 2.70. The normalized spacial score (nSPS) is 21.2. The summed E-state index contributed by atoms with van der Waals surface area (Å²) >= 11 is 0. The molecule has 8 heteroatoms. The SMILES string of the molecule is O=C(Cc1ccc(OC(F)(F)F)cc1)C1CCS(=O)(=O)C1. The van der Waals surface area contributed by atoms with Crippen LogP contribution in [0.5, 0.6) is 5.75 Å². The zero-order valence-corrected chi connectivity index (χ0v) is 11.7. The van der Waals surface area contributed by atoms with Gasteiger partial charge < -0.3 is 4.74 Å². The van der Waals surface area contributed by atoms with Gasteiger partial charge in [-0.05, 0) is 24.1 Å². The number of carbonyl (C=O) groups is 1. The van der Waals surface area contributed by atoms with Crippen LogP contribution < -0.4 is 4.74 Å². The van der Waals surface area contributed by atoms with Gasteiger partial charge in [0, 0.05) is 12.3 Å². The van der Waals surface area contributed by atoms with Crippen LogP contribution in [0, 0.1) is 5.92 Å². The quantitative estimate of drug-likeness (QED) is 0.852. The van der Waals surface area contributed by atoms with Crippen molar-refractivity contribution < 1.29 is 31.1 Å². The van der Waals surface area contributed by atoms with Crippen LogP contribution in [0.15, 0.2) is 24.3 Å². The lowest BCUT2D eigenvalue weighted by molar-refractivity contribution is -0.274. The zero-order valence-electron chi connectivity index (χ0n) is 10.9. The molecule has 1 aromatic rings. The first kappa shape index (κ1) is 15.8. The number of rotatable bonds is 4. The lowest BCUT2D eigenvalue weighted by Crippen LogP contribution is -2.18. The molecule has 1 aliphatic heterocycles. The zero-order chi connectivity index (χ0) is 15.7. The van der Waals surface area contributed by atoms with Crippen LogP contribution in [0.25, 0.3) is 0 Å². The van der Waals surface area contributed by atoms with Crippen LogP contribution in [0.4, 0.5) is 13.2 Å². The number of Topliss-reactive ketones (excluding diaryl/α,β-unsaturated/α-hetero) is 1. The Kier molecular flexibility index (Phi) is 4.27. The van der Waals surface area contributed by atoms with Crippen LogP contribution in [-0.2, 0) is 21.1 Å². The molecule has 0 spiro atoms. The summed E-state index contributed by atoms with van der Waals surface area (Å²) in [6.07, 6.45) is -4.43. The Morgan fingerprint density at radius 1 is 1.24 bits per heavy atom. The first-order valence-electron chi connectivity index (χ1n) is 6.22. The minimum Gasteiger partial charge on any atom is -0.406 e. The van der Waals surface area contributed by atoms with Crippen LogP contribution >= 0.6 is 0 Å². The van der Waals surface area contributed by atoms with E-state index in [0.29, 0.717) is 12.0 Å². The highest BCUT2D eigenvalue weighted by Crippen LogP contribution is 2.24. The fraction of sp³-hybridized carbons (Fsp3) is 0.462. The smallest absolute Gasteiger partial charge is 0.406 e. The summed E-state index contributed by atoms with van der Waals surface area (Å²) in [6.45, 7) is 0. The van der Waals surface area contributed by atoms with E-state index in [1.54, 1.807) is 0 Å². The Hall–Kier alpha value is -1.57. The van der Waals surface area contributed by atoms with Gasteiger partial charge in [0.2, 0.25) is 0 Å². The first-order valence-corrected chi connectivity index (χ1v) is 8.05. The van der Waals surface area contributed by atoms with E-state index in [9.17, 15) is 26.4 Å². The molecule has 1 fully saturated rings. The lowest BCUT2D eigenvalue weighted by Gasteiger charge is -2.10. The van der Waals surface area contributed by atoms with Gasteiger partial charge in [0.25, 0.3) is 0 Å². The molecule has 2 rings (SSSR count). The molecule has 21 heavy (non-hydrogen) atoms. The van der Waals surface area contributed by atoms with E-state index < -0.39 is 22.1 Å². The third-order valence-electron chi connectivity index (χ3n) is 3.22. The van der Waals surface area contributed by atoms with E-state index in [1.807, 2.05) is 0 Å². The molecule has 0 amide bonds. The van der Waals surface area contributed by atoms with E-state index in [4.69, 9.17) is 0 Å². The Bertz CT molecular complexity index is 620. The molecule has 1 unspecified atom stereocenters. The topological polar surface area (TPSA) is 60.4 Å². The predicted octanol–water partition coefficient (Wildman–Crippen LogP) is 2.13. The number of hydrogen-bond donors (Lipinski definition) is 0. The molecule has 0 saturated carbocycles. The Morgan fingerprint density at radius 3 is 2.33 bits per heavy atom. The summed E-state index contributed by atoms with van der Waals surface area (Å²) in [5, 5.41) is 0. The van der Waals surface area contributed by atoms with Crippen molar-refractivity contribution in [1.82, 2.24) is 0 Å². The third-order valence-corrected chi connectivity index (χ3v) is 4.99. The molecule has 1 aromatic carbocycles. The molecule has 4 nitrogen and oxygen atoms in total. The standard InChI is InChI=1S/C13H13F3O4S/c14-13(15,16)20-11-3-1-9(2-4-11)7-12(17)10-5-6-21(18,19)8-10/h1-4,10H,5-8H2. The van der Waals surface area contributed by atoms with Gasteiger partial charge in [0.15, 0.2) is 9.84 Å². The molecule has 1 saturated heterocycles. The maximum atomic E-state index is 12.0. The van der Waals surface area contributed by atoms with Crippen LogP contribution in [0.2, 0.25) is 0 Å². The number of ketones is 1. The van der Waals surface area contributed by atoms with Gasteiger partial charge in [-0.1, -0.05) is 12.1 Å². The molecule has 1 aliphatic rings. The summed E-state index contributed by atoms with van der Waals surface area (Å²) in [5.41, 5.74) is 0.527. The van der Waals surface area contributed by atoms with Crippen molar-refractivity contribution in [2.75, 3.05) is 11.5 Å². The fourth-order valence-electron chi connectivity index (χ4n) is 2.20. The largest absolute Gasteiger partial charge is 0.573 e. The summed E-state index contributed by atoms with van der Waals surface area (Å²) in [5.74, 6) is -1.20. The average molecular weight is 322 g/mol. The van der Waals surface area contributed by atoms with Crippen molar-refractivity contribution in [2.45, 2.75) is 19.2 Å². The number of benzene rings is 1. The van der Waals surface area contributed by atoms with Crippen LogP contribution in [0.1, 0.15) is 12.0 Å². The molecule has 0 aliphatic carbocycles. The molecule has 0 N–H and O–H groups in total. The van der Waals surface area contributed by atoms with Crippen molar-refractivity contribution in [1.29, 1.82) is 0 Å². The van der Waals surface area contributed by atoms with Crippen LogP contribution in [-0.4, -0.2) is 32.1 Å². The highest BCUT2D eigenvalue weighted by Gasteiger charge is 2.33. The van der Waals surface area contributed by atoms with Crippen LogP contribution in [0.3, 0.4) is 0 Å². The molecule has 0 bridgehead atoms. The Labute approximate surface area is 119 Å². The van der Waals surface area contributed by atoms with Gasteiger partial charge in [-0.25, -0.2) is 8.42 Å². The van der Waals surface area contributed by atoms with Gasteiger partial charge in [-0.2, -0.15) is 0 Å². The van der Waals surface area contributed by atoms with Crippen molar-refractivity contribution in [3.63, 3.8) is 0 Å². The second kappa shape index (κ2) is 5.67. The number of halogens is 3. The van der Waals surface area contributed by atoms with Gasteiger partial charge in [-0.15, -0.1) is 13.2 Å². The minimum atomic E-state index is -4.75. The highest BCUT2D eigenvalue weighted by molar-refractivity contribution is 7.91. The maximum Gasteiger partial charge on any atom is 0.573 e. The second-order valence-corrected chi connectivity index (χ2v) is 7.16. The summed E-state index contributed by atoms with van der Waals surface area (Å²) in [4.78, 5) is 11.9. The number of ether oxygens (including phenoxy) is 1. The summed E-state index contributed by atoms with van der Waals surface area (Å²) in [7, 11) is -3.13. The summed E-state index contributed by atoms with van der Waals surface area (Å²) < 4.78 is 62.3. The molecule has 1 atom stereocenters. The van der Waals surface area contributed by atoms with E-state index in [0.717, 1.165) is 12.1 Å². The predicted molar refractivity (Wildman–Crippen MR) is 68.6 cm³/mol. The van der Waals surface area contributed by atoms with Gasteiger partial charge >= 0.3 is 6.36 Å². The van der Waals surface area contributed by atoms with Crippen molar-refractivity contribution in [3.05, 3.63) is 29.8 Å². The van der Waals surface area contributed by atoms with Gasteiger partial charge in [0.05, 0.1) is 11.5 Å². The molecule has 1 heterocycles. The van der Waals surface area contributed by atoms with E-state index in [1.165, 1.54) is 12.1 Å². The van der Waals surface area contributed by atoms with Gasteiger partial charge in [0.1, 0.15) is 11.5 Å². The Balaban J connectivity index is 1.96. The number of sulfone groups is 1. The van der Waals surface area contributed by atoms with E-state index >= 15 is 0 Å². The lowest BCUT2D eigenvalue weighted by atomic mass is 9.97. The van der Waals surface area contributed by atoms with Crippen molar-refractivity contribution >= 4 is 15.6 Å². The fourth-order valence-corrected chi connectivity index (χ4v) is 3.98. The van der Waals surface area contributed by atoms with Crippen molar-refractivity contribution in [3.8, 4) is 5.75 Å². The van der Waals surface area contributed by atoms with Crippen molar-refractivity contribution in [2.24, 2.45) is 5.92 Å². The Morgan fingerprint density at radius 2 is 1.86 bits per heavy atom. The molecular weight excluding hydrogens is 309 g/mol. The monoisotopic (exact) mass is 322 g/mol. The number of carbonyl (C=O) groups excluding carboxylic acids is 1. The highest BCUT2D eigenvalue weighted by atomic mass is 32.2.